The van der Waals surface area contributed by atoms with Crippen LogP contribution in [0.5, 0.6) is 0 Å². The van der Waals surface area contributed by atoms with Gasteiger partial charge >= 0.3 is 0 Å². The van der Waals surface area contributed by atoms with Gasteiger partial charge in [0.2, 0.25) is 5.91 Å². The van der Waals surface area contributed by atoms with E-state index >= 15 is 0 Å². The average Bonchev–Trinajstić information content (AvgIpc) is 2.77. The highest BCUT2D eigenvalue weighted by Gasteiger charge is 2.27. The van der Waals surface area contributed by atoms with E-state index in [-0.39, 0.29) is 11.5 Å². The van der Waals surface area contributed by atoms with Gasteiger partial charge in [0.25, 0.3) is 0 Å². The minimum Gasteiger partial charge on any atom is -0.294 e. The van der Waals surface area contributed by atoms with Crippen LogP contribution in [-0.4, -0.2) is 21.3 Å². The van der Waals surface area contributed by atoms with Crippen LogP contribution >= 0.6 is 11.5 Å². The van der Waals surface area contributed by atoms with E-state index < -0.39 is 11.8 Å². The highest BCUT2D eigenvalue weighted by atomic mass is 32.1. The molecule has 0 fully saturated rings. The molecule has 0 saturated carbocycles. The number of hydrogen-bond acceptors (Lipinski definition) is 6. The van der Waals surface area contributed by atoms with Crippen molar-refractivity contribution < 1.29 is 9.59 Å². The third-order valence-electron chi connectivity index (χ3n) is 1.97. The summed E-state index contributed by atoms with van der Waals surface area (Å²) in [5, 5.41) is 5.16. The van der Waals surface area contributed by atoms with E-state index in [0.29, 0.717) is 6.42 Å². The number of ketones is 1. The van der Waals surface area contributed by atoms with Crippen molar-refractivity contribution >= 4 is 23.2 Å². The Morgan fingerprint density at radius 1 is 1.67 bits per heavy atom. The first kappa shape index (κ1) is 11.7. The number of hydrogen-bond donors (Lipinski definition) is 2. The zero-order chi connectivity index (χ0) is 11.3. The second kappa shape index (κ2) is 5.52. The van der Waals surface area contributed by atoms with Gasteiger partial charge in [0, 0.05) is 5.38 Å². The number of nitrogens with one attached hydrogen (secondary N) is 1. The second-order valence-electron chi connectivity index (χ2n) is 3.00. The van der Waals surface area contributed by atoms with Crippen molar-refractivity contribution in [1.29, 1.82) is 0 Å². The lowest BCUT2D eigenvalue weighted by molar-refractivity contribution is -0.123. The molecule has 3 N–H and O–H groups in total. The van der Waals surface area contributed by atoms with Crippen molar-refractivity contribution in [1.82, 2.24) is 15.0 Å². The molecular formula is C8H12N4O2S. The highest BCUT2D eigenvalue weighted by Crippen LogP contribution is 2.13. The molecule has 1 atom stereocenters. The summed E-state index contributed by atoms with van der Waals surface area (Å²) in [6.45, 7) is 1.89. The quantitative estimate of drug-likeness (QED) is 0.245. The van der Waals surface area contributed by atoms with Gasteiger partial charge < -0.3 is 0 Å². The molecule has 1 unspecified atom stereocenters. The predicted molar refractivity (Wildman–Crippen MR) is 55.0 cm³/mol. The van der Waals surface area contributed by atoms with Gasteiger partial charge in [-0.3, -0.25) is 15.0 Å². The Bertz CT molecular complexity index is 338. The Labute approximate surface area is 91.0 Å². The van der Waals surface area contributed by atoms with Crippen LogP contribution in [0.25, 0.3) is 0 Å². The number of amides is 1. The molecule has 1 aromatic heterocycles. The van der Waals surface area contributed by atoms with E-state index in [1.54, 1.807) is 0 Å². The molecule has 1 amide bonds. The summed E-state index contributed by atoms with van der Waals surface area (Å²) < 4.78 is 3.58. The molecular weight excluding hydrogens is 216 g/mol. The first-order chi connectivity index (χ1) is 7.20. The van der Waals surface area contributed by atoms with E-state index in [2.05, 4.69) is 9.59 Å². The monoisotopic (exact) mass is 228 g/mol. The van der Waals surface area contributed by atoms with Crippen LogP contribution in [0.1, 0.15) is 30.3 Å². The second-order valence-corrected chi connectivity index (χ2v) is 3.61. The van der Waals surface area contributed by atoms with Gasteiger partial charge in [-0.25, -0.2) is 5.84 Å². The van der Waals surface area contributed by atoms with E-state index in [9.17, 15) is 9.59 Å². The molecule has 82 valence electrons. The number of carbonyl (C=O) groups excluding carboxylic acids is 2. The van der Waals surface area contributed by atoms with Crippen molar-refractivity contribution in [2.24, 2.45) is 11.8 Å². The molecule has 1 aromatic rings. The lowest BCUT2D eigenvalue weighted by Gasteiger charge is -2.10. The van der Waals surface area contributed by atoms with Gasteiger partial charge in [-0.05, 0) is 18.0 Å². The maximum atomic E-state index is 11.8. The Kier molecular flexibility index (Phi) is 4.32. The molecule has 0 aliphatic carbocycles. The van der Waals surface area contributed by atoms with Crippen molar-refractivity contribution in [2.45, 2.75) is 19.8 Å². The molecule has 1 heterocycles. The van der Waals surface area contributed by atoms with Crippen LogP contribution < -0.4 is 11.3 Å². The van der Waals surface area contributed by atoms with Crippen molar-refractivity contribution in [3.8, 4) is 0 Å². The van der Waals surface area contributed by atoms with E-state index in [1.807, 2.05) is 12.3 Å². The van der Waals surface area contributed by atoms with Gasteiger partial charge in [-0.1, -0.05) is 17.8 Å². The predicted octanol–water partition coefficient (Wildman–Crippen LogP) is 0.127. The molecule has 6 nitrogen and oxygen atoms in total. The number of hydrazine groups is 1. The highest BCUT2D eigenvalue weighted by molar-refractivity contribution is 7.03. The molecule has 1 rings (SSSR count). The first-order valence-electron chi connectivity index (χ1n) is 4.52. The van der Waals surface area contributed by atoms with Crippen LogP contribution in [0.2, 0.25) is 0 Å². The number of Topliss-reactive ketones (excluding diaryl/α,β-unsaturated/α-hetero) is 1. The van der Waals surface area contributed by atoms with Crippen LogP contribution in [0.3, 0.4) is 0 Å². The van der Waals surface area contributed by atoms with Crippen LogP contribution in [0.15, 0.2) is 5.38 Å². The summed E-state index contributed by atoms with van der Waals surface area (Å²) in [6, 6.07) is 0. The summed E-state index contributed by atoms with van der Waals surface area (Å²) >= 11 is 1.08. The van der Waals surface area contributed by atoms with Gasteiger partial charge in [0.1, 0.15) is 11.6 Å². The summed E-state index contributed by atoms with van der Waals surface area (Å²) in [6.07, 6.45) is 1.18. The van der Waals surface area contributed by atoms with E-state index in [0.717, 1.165) is 18.0 Å². The normalized spacial score (nSPS) is 12.1. The topological polar surface area (TPSA) is 98.0 Å². The maximum Gasteiger partial charge on any atom is 0.244 e. The summed E-state index contributed by atoms with van der Waals surface area (Å²) in [5.74, 6) is 3.45. The third kappa shape index (κ3) is 2.80. The standard InChI is InChI=1S/C8H12N4O2S/c1-2-3-5(8(14)10-9)7(13)6-4-15-12-11-6/h4-5H,2-3,9H2,1H3,(H,10,14). The van der Waals surface area contributed by atoms with Gasteiger partial charge in [-0.2, -0.15) is 0 Å². The minimum atomic E-state index is -0.760. The van der Waals surface area contributed by atoms with Crippen molar-refractivity contribution in [3.05, 3.63) is 11.1 Å². The number of nitrogens with zero attached hydrogens (tertiary/aromatic N) is 2. The van der Waals surface area contributed by atoms with Crippen molar-refractivity contribution in [2.75, 3.05) is 0 Å². The number of nitrogens with two attached hydrogens (primary N) is 1. The van der Waals surface area contributed by atoms with Gasteiger partial charge in [-0.15, -0.1) is 5.10 Å². The van der Waals surface area contributed by atoms with E-state index in [1.165, 1.54) is 5.38 Å². The molecule has 0 bridgehead atoms. The molecule has 0 saturated heterocycles. The summed E-state index contributed by atoms with van der Waals surface area (Å²) in [4.78, 5) is 23.1. The molecule has 0 aliphatic heterocycles. The van der Waals surface area contributed by atoms with Crippen LogP contribution in [0.4, 0.5) is 0 Å². The van der Waals surface area contributed by atoms with Gasteiger partial charge in [0.15, 0.2) is 5.78 Å². The Balaban J connectivity index is 2.80. The Morgan fingerprint density at radius 3 is 2.87 bits per heavy atom. The molecule has 0 spiro atoms. The van der Waals surface area contributed by atoms with Crippen molar-refractivity contribution in [3.63, 3.8) is 0 Å². The summed E-state index contributed by atoms with van der Waals surface area (Å²) in [7, 11) is 0. The van der Waals surface area contributed by atoms with Crippen LogP contribution in [-0.2, 0) is 4.79 Å². The van der Waals surface area contributed by atoms with Crippen LogP contribution in [0, 0.1) is 5.92 Å². The number of aromatic nitrogens is 2. The molecule has 7 heteroatoms. The first-order valence-corrected chi connectivity index (χ1v) is 5.36. The largest absolute Gasteiger partial charge is 0.294 e. The molecule has 15 heavy (non-hydrogen) atoms. The lowest BCUT2D eigenvalue weighted by Crippen LogP contribution is -2.39. The Morgan fingerprint density at radius 2 is 2.40 bits per heavy atom. The SMILES string of the molecule is CCCC(C(=O)NN)C(=O)c1csnn1. The molecule has 0 aliphatic rings. The summed E-state index contributed by atoms with van der Waals surface area (Å²) in [5.41, 5.74) is 2.21. The molecule has 0 aromatic carbocycles. The van der Waals surface area contributed by atoms with E-state index in [4.69, 9.17) is 5.84 Å². The third-order valence-corrected chi connectivity index (χ3v) is 2.47. The Hall–Kier alpha value is -1.34. The zero-order valence-corrected chi connectivity index (χ0v) is 9.08. The molecule has 0 radical (unpaired) electrons. The fourth-order valence-corrected chi connectivity index (χ4v) is 1.67. The fraction of sp³-hybridized carbons (Fsp3) is 0.500. The zero-order valence-electron chi connectivity index (χ0n) is 8.27. The average molecular weight is 228 g/mol. The van der Waals surface area contributed by atoms with Gasteiger partial charge in [0.05, 0.1) is 0 Å². The minimum absolute atomic E-state index is 0.224. The fourth-order valence-electron chi connectivity index (χ4n) is 1.22. The smallest absolute Gasteiger partial charge is 0.244 e. The number of rotatable bonds is 5. The number of carbonyl (C=O) groups is 2. The maximum absolute atomic E-state index is 11.8. The lowest BCUT2D eigenvalue weighted by atomic mass is 9.96.